The molecule has 1 atom stereocenters. The van der Waals surface area contributed by atoms with Gasteiger partial charge in [0.25, 0.3) is 0 Å². The molecule has 1 aromatic rings. The average Bonchev–Trinajstić information content (AvgIpc) is 2.05. The Balaban J connectivity index is 3.10. The Kier molecular flexibility index (Phi) is 2.85. The molecule has 0 fully saturated rings. The quantitative estimate of drug-likeness (QED) is 0.833. The van der Waals surface area contributed by atoms with E-state index in [1.54, 1.807) is 12.1 Å². The summed E-state index contributed by atoms with van der Waals surface area (Å²) in [6.45, 7) is 1.47. The Bertz CT molecular complexity index is 273. The van der Waals surface area contributed by atoms with Gasteiger partial charge >= 0.3 is 0 Å². The SMILES string of the molecule is CC(F)(CN)c1ccccc1Br. The number of halogens is 2. The van der Waals surface area contributed by atoms with Gasteiger partial charge in [0.05, 0.1) is 0 Å². The Labute approximate surface area is 79.9 Å². The molecule has 2 N–H and O–H groups in total. The van der Waals surface area contributed by atoms with Crippen LogP contribution in [0.1, 0.15) is 12.5 Å². The number of nitrogens with two attached hydrogens (primary N) is 1. The Morgan fingerprint density at radius 3 is 2.58 bits per heavy atom. The van der Waals surface area contributed by atoms with Crippen LogP contribution < -0.4 is 5.73 Å². The fourth-order valence-corrected chi connectivity index (χ4v) is 1.69. The van der Waals surface area contributed by atoms with E-state index in [1.165, 1.54) is 6.92 Å². The van der Waals surface area contributed by atoms with Gasteiger partial charge in [-0.15, -0.1) is 0 Å². The fourth-order valence-electron chi connectivity index (χ4n) is 0.994. The number of hydrogen-bond donors (Lipinski definition) is 1. The Morgan fingerprint density at radius 2 is 2.08 bits per heavy atom. The molecule has 0 amide bonds. The first-order valence-corrected chi connectivity index (χ1v) is 4.51. The van der Waals surface area contributed by atoms with Gasteiger partial charge in [0, 0.05) is 16.6 Å². The first-order chi connectivity index (χ1) is 5.58. The normalized spacial score (nSPS) is 15.7. The standard InChI is InChI=1S/C9H11BrFN/c1-9(11,6-12)7-4-2-3-5-8(7)10/h2-5H,6,12H2,1H3. The smallest absolute Gasteiger partial charge is 0.146 e. The minimum absolute atomic E-state index is 0.00435. The van der Waals surface area contributed by atoms with E-state index in [1.807, 2.05) is 12.1 Å². The maximum absolute atomic E-state index is 13.7. The van der Waals surface area contributed by atoms with Crippen molar-refractivity contribution in [2.75, 3.05) is 6.54 Å². The van der Waals surface area contributed by atoms with E-state index in [9.17, 15) is 4.39 Å². The van der Waals surface area contributed by atoms with Crippen LogP contribution in [-0.2, 0) is 5.67 Å². The highest BCUT2D eigenvalue weighted by atomic mass is 79.9. The van der Waals surface area contributed by atoms with Crippen molar-refractivity contribution >= 4 is 15.9 Å². The monoisotopic (exact) mass is 231 g/mol. The summed E-state index contributed by atoms with van der Waals surface area (Å²) in [6.07, 6.45) is 0. The first-order valence-electron chi connectivity index (χ1n) is 3.72. The number of hydrogen-bond acceptors (Lipinski definition) is 1. The molecule has 0 radical (unpaired) electrons. The summed E-state index contributed by atoms with van der Waals surface area (Å²) < 4.78 is 14.4. The topological polar surface area (TPSA) is 26.0 Å². The lowest BCUT2D eigenvalue weighted by atomic mass is 9.98. The second-order valence-corrected chi connectivity index (χ2v) is 3.74. The largest absolute Gasteiger partial charge is 0.327 e. The summed E-state index contributed by atoms with van der Waals surface area (Å²) in [4.78, 5) is 0. The molecule has 1 rings (SSSR count). The Morgan fingerprint density at radius 1 is 1.50 bits per heavy atom. The van der Waals surface area contributed by atoms with Crippen molar-refractivity contribution in [3.05, 3.63) is 34.3 Å². The van der Waals surface area contributed by atoms with Crippen LogP contribution in [0.2, 0.25) is 0 Å². The lowest BCUT2D eigenvalue weighted by Crippen LogP contribution is -2.26. The lowest BCUT2D eigenvalue weighted by Gasteiger charge is -2.19. The van der Waals surface area contributed by atoms with Gasteiger partial charge in [-0.1, -0.05) is 34.1 Å². The van der Waals surface area contributed by atoms with Crippen LogP contribution in [0, 0.1) is 0 Å². The fraction of sp³-hybridized carbons (Fsp3) is 0.333. The third-order valence-corrected chi connectivity index (χ3v) is 2.51. The van der Waals surface area contributed by atoms with Crippen molar-refractivity contribution in [2.45, 2.75) is 12.6 Å². The van der Waals surface area contributed by atoms with E-state index in [-0.39, 0.29) is 6.54 Å². The van der Waals surface area contributed by atoms with Crippen LogP contribution in [0.3, 0.4) is 0 Å². The van der Waals surface area contributed by atoms with Crippen LogP contribution in [0.4, 0.5) is 4.39 Å². The van der Waals surface area contributed by atoms with Gasteiger partial charge in [0.1, 0.15) is 5.67 Å². The minimum atomic E-state index is -1.44. The van der Waals surface area contributed by atoms with Gasteiger partial charge in [0.2, 0.25) is 0 Å². The summed E-state index contributed by atoms with van der Waals surface area (Å²) in [6, 6.07) is 7.19. The van der Waals surface area contributed by atoms with Crippen molar-refractivity contribution in [1.29, 1.82) is 0 Å². The molecule has 66 valence electrons. The zero-order valence-corrected chi connectivity index (χ0v) is 8.44. The third kappa shape index (κ3) is 1.84. The molecule has 12 heavy (non-hydrogen) atoms. The van der Waals surface area contributed by atoms with Gasteiger partial charge in [-0.25, -0.2) is 4.39 Å². The Hall–Kier alpha value is -0.410. The average molecular weight is 232 g/mol. The summed E-state index contributed by atoms with van der Waals surface area (Å²) in [5.41, 5.74) is 4.47. The maximum Gasteiger partial charge on any atom is 0.146 e. The van der Waals surface area contributed by atoms with Gasteiger partial charge in [-0.2, -0.15) is 0 Å². The predicted molar refractivity (Wildman–Crippen MR) is 51.7 cm³/mol. The molecule has 0 bridgehead atoms. The van der Waals surface area contributed by atoms with Crippen molar-refractivity contribution in [2.24, 2.45) is 5.73 Å². The van der Waals surface area contributed by atoms with Gasteiger partial charge < -0.3 is 5.73 Å². The third-order valence-electron chi connectivity index (χ3n) is 1.82. The molecule has 0 saturated carbocycles. The molecule has 1 unspecified atom stereocenters. The van der Waals surface area contributed by atoms with Gasteiger partial charge in [0.15, 0.2) is 0 Å². The van der Waals surface area contributed by atoms with Gasteiger partial charge in [-0.05, 0) is 13.0 Å². The lowest BCUT2D eigenvalue weighted by molar-refractivity contribution is 0.202. The van der Waals surface area contributed by atoms with Crippen LogP contribution >= 0.6 is 15.9 Å². The van der Waals surface area contributed by atoms with Gasteiger partial charge in [-0.3, -0.25) is 0 Å². The van der Waals surface area contributed by atoms with Crippen molar-refractivity contribution < 1.29 is 4.39 Å². The molecule has 0 aromatic heterocycles. The summed E-state index contributed by atoms with van der Waals surface area (Å²) in [5, 5.41) is 0. The molecule has 0 aliphatic carbocycles. The number of alkyl halides is 1. The molecule has 0 aliphatic heterocycles. The molecule has 0 heterocycles. The highest BCUT2D eigenvalue weighted by Gasteiger charge is 2.25. The second kappa shape index (κ2) is 3.54. The minimum Gasteiger partial charge on any atom is -0.327 e. The van der Waals surface area contributed by atoms with Crippen molar-refractivity contribution in [3.8, 4) is 0 Å². The second-order valence-electron chi connectivity index (χ2n) is 2.88. The van der Waals surface area contributed by atoms with Crippen LogP contribution in [-0.4, -0.2) is 6.54 Å². The zero-order chi connectivity index (χ0) is 9.19. The molecule has 3 heteroatoms. The zero-order valence-electron chi connectivity index (χ0n) is 6.85. The van der Waals surface area contributed by atoms with Crippen LogP contribution in [0.5, 0.6) is 0 Å². The number of benzene rings is 1. The van der Waals surface area contributed by atoms with E-state index >= 15 is 0 Å². The van der Waals surface area contributed by atoms with E-state index in [4.69, 9.17) is 5.73 Å². The molecule has 0 aliphatic rings. The number of rotatable bonds is 2. The van der Waals surface area contributed by atoms with Crippen molar-refractivity contribution in [3.63, 3.8) is 0 Å². The molecule has 1 nitrogen and oxygen atoms in total. The van der Waals surface area contributed by atoms with Crippen molar-refractivity contribution in [1.82, 2.24) is 0 Å². The molecule has 0 spiro atoms. The van der Waals surface area contributed by atoms with E-state index in [2.05, 4.69) is 15.9 Å². The predicted octanol–water partition coefficient (Wildman–Crippen LogP) is 2.59. The molecule has 0 saturated heterocycles. The van der Waals surface area contributed by atoms with E-state index in [0.717, 1.165) is 4.47 Å². The molecular weight excluding hydrogens is 221 g/mol. The maximum atomic E-state index is 13.7. The molecular formula is C9H11BrFN. The summed E-state index contributed by atoms with van der Waals surface area (Å²) >= 11 is 3.28. The summed E-state index contributed by atoms with van der Waals surface area (Å²) in [5.74, 6) is 0. The van der Waals surface area contributed by atoms with E-state index in [0.29, 0.717) is 5.56 Å². The highest BCUT2D eigenvalue weighted by Crippen LogP contribution is 2.30. The van der Waals surface area contributed by atoms with Crippen LogP contribution in [0.15, 0.2) is 28.7 Å². The van der Waals surface area contributed by atoms with E-state index < -0.39 is 5.67 Å². The first kappa shape index (κ1) is 9.68. The van der Waals surface area contributed by atoms with Crippen LogP contribution in [0.25, 0.3) is 0 Å². The molecule has 1 aromatic carbocycles. The summed E-state index contributed by atoms with van der Waals surface area (Å²) in [7, 11) is 0. The highest BCUT2D eigenvalue weighted by molar-refractivity contribution is 9.10.